The molecule has 1 atom stereocenters. The minimum atomic E-state index is -0.605. The summed E-state index contributed by atoms with van der Waals surface area (Å²) in [5.41, 5.74) is 5.74. The average molecular weight is 240 g/mol. The maximum atomic E-state index is 13.6. The van der Waals surface area contributed by atoms with Crippen LogP contribution in [0.25, 0.3) is 0 Å². The van der Waals surface area contributed by atoms with Gasteiger partial charge < -0.3 is 15.4 Å². The Balaban J connectivity index is 2.88. The summed E-state index contributed by atoms with van der Waals surface area (Å²) in [7, 11) is 3.17. The third-order valence-electron chi connectivity index (χ3n) is 2.61. The van der Waals surface area contributed by atoms with Crippen molar-refractivity contribution < 1.29 is 13.9 Å². The standard InChI is InChI=1S/C12H17FN2O2/c1-8(7-17-3)15(2)12(16)10-5-4-9(14)6-11(10)13/h4-6,8H,7,14H2,1-3H3. The van der Waals surface area contributed by atoms with Gasteiger partial charge in [-0.15, -0.1) is 0 Å². The van der Waals surface area contributed by atoms with Crippen molar-refractivity contribution in [3.05, 3.63) is 29.6 Å². The van der Waals surface area contributed by atoms with Gasteiger partial charge in [-0.05, 0) is 25.1 Å². The molecule has 5 heteroatoms. The van der Waals surface area contributed by atoms with Gasteiger partial charge in [-0.1, -0.05) is 0 Å². The van der Waals surface area contributed by atoms with E-state index in [0.717, 1.165) is 6.07 Å². The maximum absolute atomic E-state index is 13.6. The molecule has 0 saturated heterocycles. The Bertz CT molecular complexity index is 409. The van der Waals surface area contributed by atoms with Gasteiger partial charge in [0.05, 0.1) is 18.2 Å². The van der Waals surface area contributed by atoms with Crippen molar-refractivity contribution in [2.24, 2.45) is 0 Å². The Kier molecular flexibility index (Phi) is 4.45. The minimum Gasteiger partial charge on any atom is -0.399 e. The summed E-state index contributed by atoms with van der Waals surface area (Å²) in [4.78, 5) is 13.4. The molecular formula is C12H17FN2O2. The summed E-state index contributed by atoms with van der Waals surface area (Å²) < 4.78 is 18.5. The van der Waals surface area contributed by atoms with Gasteiger partial charge in [0, 0.05) is 19.8 Å². The second kappa shape index (κ2) is 5.63. The van der Waals surface area contributed by atoms with E-state index < -0.39 is 5.82 Å². The molecular weight excluding hydrogens is 223 g/mol. The number of nitrogen functional groups attached to an aromatic ring is 1. The summed E-state index contributed by atoms with van der Waals surface area (Å²) in [6, 6.07) is 3.92. The number of halogens is 1. The van der Waals surface area contributed by atoms with Gasteiger partial charge in [0.15, 0.2) is 0 Å². The van der Waals surface area contributed by atoms with Gasteiger partial charge in [-0.3, -0.25) is 4.79 Å². The maximum Gasteiger partial charge on any atom is 0.256 e. The van der Waals surface area contributed by atoms with E-state index in [-0.39, 0.29) is 17.5 Å². The Morgan fingerprint density at radius 1 is 1.59 bits per heavy atom. The lowest BCUT2D eigenvalue weighted by Crippen LogP contribution is -2.38. The van der Waals surface area contributed by atoms with Gasteiger partial charge in [-0.2, -0.15) is 0 Å². The fourth-order valence-electron chi connectivity index (χ4n) is 1.45. The largest absolute Gasteiger partial charge is 0.399 e. The number of methoxy groups -OCH3 is 1. The third-order valence-corrected chi connectivity index (χ3v) is 2.61. The number of carbonyl (C=O) groups is 1. The fraction of sp³-hybridized carbons (Fsp3) is 0.417. The van der Waals surface area contributed by atoms with Crippen LogP contribution in [-0.2, 0) is 4.74 Å². The number of likely N-dealkylation sites (N-methyl/N-ethyl adjacent to an activating group) is 1. The van der Waals surface area contributed by atoms with Crippen molar-refractivity contribution in [2.75, 3.05) is 26.5 Å². The van der Waals surface area contributed by atoms with Crippen molar-refractivity contribution in [3.8, 4) is 0 Å². The van der Waals surface area contributed by atoms with E-state index in [4.69, 9.17) is 10.5 Å². The molecule has 1 unspecified atom stereocenters. The van der Waals surface area contributed by atoms with Gasteiger partial charge in [0.2, 0.25) is 0 Å². The predicted molar refractivity (Wildman–Crippen MR) is 64.2 cm³/mol. The first-order valence-electron chi connectivity index (χ1n) is 5.28. The molecule has 0 aliphatic carbocycles. The van der Waals surface area contributed by atoms with E-state index in [9.17, 15) is 9.18 Å². The number of rotatable bonds is 4. The first-order chi connectivity index (χ1) is 7.97. The molecule has 1 amide bonds. The van der Waals surface area contributed by atoms with Crippen LogP contribution in [0.1, 0.15) is 17.3 Å². The molecule has 94 valence electrons. The van der Waals surface area contributed by atoms with Crippen molar-refractivity contribution >= 4 is 11.6 Å². The normalized spacial score (nSPS) is 12.2. The summed E-state index contributed by atoms with van der Waals surface area (Å²) >= 11 is 0. The van der Waals surface area contributed by atoms with Crippen molar-refractivity contribution in [1.29, 1.82) is 0 Å². The number of hydrogen-bond acceptors (Lipinski definition) is 3. The number of hydrogen-bond donors (Lipinski definition) is 1. The van der Waals surface area contributed by atoms with E-state index in [1.165, 1.54) is 17.0 Å². The van der Waals surface area contributed by atoms with Crippen LogP contribution in [0, 0.1) is 5.82 Å². The number of benzene rings is 1. The number of nitrogens with zero attached hydrogens (tertiary/aromatic N) is 1. The van der Waals surface area contributed by atoms with E-state index >= 15 is 0 Å². The van der Waals surface area contributed by atoms with E-state index in [1.807, 2.05) is 6.92 Å². The number of ether oxygens (including phenoxy) is 1. The van der Waals surface area contributed by atoms with Crippen LogP contribution in [0.4, 0.5) is 10.1 Å². The van der Waals surface area contributed by atoms with Crippen molar-refractivity contribution in [2.45, 2.75) is 13.0 Å². The Labute approximate surface area is 100 Å². The molecule has 0 aliphatic rings. The van der Waals surface area contributed by atoms with Gasteiger partial charge in [0.25, 0.3) is 5.91 Å². The van der Waals surface area contributed by atoms with Crippen LogP contribution in [-0.4, -0.2) is 37.6 Å². The van der Waals surface area contributed by atoms with Gasteiger partial charge in [-0.25, -0.2) is 4.39 Å². The lowest BCUT2D eigenvalue weighted by atomic mass is 10.1. The van der Waals surface area contributed by atoms with Gasteiger partial charge in [0.1, 0.15) is 5.82 Å². The Morgan fingerprint density at radius 3 is 2.76 bits per heavy atom. The molecule has 0 spiro atoms. The highest BCUT2D eigenvalue weighted by atomic mass is 19.1. The molecule has 0 heterocycles. The zero-order chi connectivity index (χ0) is 13.0. The zero-order valence-electron chi connectivity index (χ0n) is 10.2. The Morgan fingerprint density at radius 2 is 2.24 bits per heavy atom. The lowest BCUT2D eigenvalue weighted by molar-refractivity contribution is 0.0629. The van der Waals surface area contributed by atoms with Gasteiger partial charge >= 0.3 is 0 Å². The van der Waals surface area contributed by atoms with Crippen LogP contribution in [0.2, 0.25) is 0 Å². The van der Waals surface area contributed by atoms with E-state index in [0.29, 0.717) is 12.3 Å². The quantitative estimate of drug-likeness (QED) is 0.812. The predicted octanol–water partition coefficient (Wildman–Crippen LogP) is 1.51. The molecule has 4 nitrogen and oxygen atoms in total. The van der Waals surface area contributed by atoms with Crippen LogP contribution in [0.5, 0.6) is 0 Å². The van der Waals surface area contributed by atoms with E-state index in [1.54, 1.807) is 14.2 Å². The average Bonchev–Trinajstić information content (AvgIpc) is 2.27. The molecule has 2 N–H and O–H groups in total. The highest BCUT2D eigenvalue weighted by Gasteiger charge is 2.20. The summed E-state index contributed by atoms with van der Waals surface area (Å²) in [5, 5.41) is 0. The molecule has 0 bridgehead atoms. The monoisotopic (exact) mass is 240 g/mol. The van der Waals surface area contributed by atoms with Crippen molar-refractivity contribution in [3.63, 3.8) is 0 Å². The molecule has 1 aromatic carbocycles. The van der Waals surface area contributed by atoms with Crippen LogP contribution >= 0.6 is 0 Å². The van der Waals surface area contributed by atoms with Crippen molar-refractivity contribution in [1.82, 2.24) is 4.90 Å². The first kappa shape index (κ1) is 13.4. The molecule has 17 heavy (non-hydrogen) atoms. The number of anilines is 1. The number of amides is 1. The number of carbonyl (C=O) groups excluding carboxylic acids is 1. The molecule has 0 saturated carbocycles. The first-order valence-corrected chi connectivity index (χ1v) is 5.28. The second-order valence-corrected chi connectivity index (χ2v) is 3.96. The topological polar surface area (TPSA) is 55.6 Å². The van der Waals surface area contributed by atoms with Crippen LogP contribution in [0.3, 0.4) is 0 Å². The minimum absolute atomic E-state index is 0.0182. The highest BCUT2D eigenvalue weighted by Crippen LogP contribution is 2.14. The molecule has 1 rings (SSSR count). The third kappa shape index (κ3) is 3.17. The molecule has 0 fully saturated rings. The summed E-state index contributed by atoms with van der Waals surface area (Å²) in [6.45, 7) is 2.23. The smallest absolute Gasteiger partial charge is 0.256 e. The number of nitrogens with two attached hydrogens (primary N) is 1. The fourth-order valence-corrected chi connectivity index (χ4v) is 1.45. The summed E-state index contributed by atoms with van der Waals surface area (Å²) in [6.07, 6.45) is 0. The molecule has 0 aliphatic heterocycles. The highest BCUT2D eigenvalue weighted by molar-refractivity contribution is 5.94. The zero-order valence-corrected chi connectivity index (χ0v) is 10.2. The van der Waals surface area contributed by atoms with Crippen LogP contribution in [0.15, 0.2) is 18.2 Å². The van der Waals surface area contributed by atoms with Crippen LogP contribution < -0.4 is 5.73 Å². The summed E-state index contributed by atoms with van der Waals surface area (Å²) in [5.74, 6) is -0.987. The van der Waals surface area contributed by atoms with E-state index in [2.05, 4.69) is 0 Å². The molecule has 0 radical (unpaired) electrons. The lowest BCUT2D eigenvalue weighted by Gasteiger charge is -2.24. The molecule has 1 aromatic rings. The SMILES string of the molecule is COCC(C)N(C)C(=O)c1ccc(N)cc1F. The molecule has 0 aromatic heterocycles. The second-order valence-electron chi connectivity index (χ2n) is 3.96. The Hall–Kier alpha value is -1.62.